The summed E-state index contributed by atoms with van der Waals surface area (Å²) in [7, 11) is 0. The van der Waals surface area contributed by atoms with E-state index in [1.54, 1.807) is 23.1 Å². The molecule has 0 amide bonds. The number of hydrogen-bond donors (Lipinski definition) is 2. The normalized spacial score (nSPS) is 9.57. The molecule has 0 unspecified atom stereocenters. The van der Waals surface area contributed by atoms with Gasteiger partial charge in [0.1, 0.15) is 0 Å². The Hall–Kier alpha value is -0.470. The lowest BCUT2D eigenvalue weighted by Crippen LogP contribution is -1.92. The highest BCUT2D eigenvalue weighted by atomic mass is 32.2. The van der Waals surface area contributed by atoms with Gasteiger partial charge in [-0.05, 0) is 12.1 Å². The van der Waals surface area contributed by atoms with Crippen LogP contribution in [0.3, 0.4) is 0 Å². The van der Waals surface area contributed by atoms with E-state index in [4.69, 9.17) is 10.8 Å². The van der Waals surface area contributed by atoms with Crippen LogP contribution in [-0.4, -0.2) is 24.0 Å². The van der Waals surface area contributed by atoms with Gasteiger partial charge in [0.25, 0.3) is 0 Å². The number of thiophene rings is 1. The van der Waals surface area contributed by atoms with E-state index in [1.165, 1.54) is 4.88 Å². The first-order valence-corrected chi connectivity index (χ1v) is 6.30. The molecule has 76 valence electrons. The number of thioether (sulfide) groups is 1. The molecule has 0 bridgehead atoms. The lowest BCUT2D eigenvalue weighted by atomic mass is 10.4. The fraction of sp³-hybridized carbons (Fsp3) is 0.400. The van der Waals surface area contributed by atoms with Crippen LogP contribution in [0.25, 0.3) is 0 Å². The average Bonchev–Trinajstić information content (AvgIpc) is 2.63. The van der Waals surface area contributed by atoms with Gasteiger partial charge in [0.15, 0.2) is 0 Å². The average molecular weight is 227 g/mol. The van der Waals surface area contributed by atoms with E-state index in [0.29, 0.717) is 6.54 Å². The van der Waals surface area contributed by atoms with Crippen molar-refractivity contribution in [1.82, 2.24) is 0 Å². The molecule has 4 heteroatoms. The van der Waals surface area contributed by atoms with Crippen LogP contribution in [0.2, 0.25) is 0 Å². The highest BCUT2D eigenvalue weighted by Crippen LogP contribution is 2.20. The first-order chi connectivity index (χ1) is 6.86. The zero-order valence-electron chi connectivity index (χ0n) is 7.82. The van der Waals surface area contributed by atoms with E-state index < -0.39 is 0 Å². The summed E-state index contributed by atoms with van der Waals surface area (Å²) >= 11 is 3.42. The number of aliphatic hydroxyl groups is 1. The van der Waals surface area contributed by atoms with Crippen LogP contribution < -0.4 is 5.73 Å². The van der Waals surface area contributed by atoms with Crippen molar-refractivity contribution in [2.24, 2.45) is 5.73 Å². The standard InChI is InChI=1S/C10H13NOS2/c11-5-1-2-9-3-4-10(14-9)8-13-7-6-12/h3-4,12H,5-8,11H2. The maximum atomic E-state index is 8.61. The second-order valence-corrected chi connectivity index (χ2v) is 4.82. The van der Waals surface area contributed by atoms with Crippen LogP contribution in [0, 0.1) is 11.8 Å². The zero-order chi connectivity index (χ0) is 10.2. The molecule has 0 spiro atoms. The van der Waals surface area contributed by atoms with Crippen LogP contribution in [-0.2, 0) is 5.75 Å². The molecular formula is C10H13NOS2. The van der Waals surface area contributed by atoms with E-state index in [9.17, 15) is 0 Å². The van der Waals surface area contributed by atoms with Crippen molar-refractivity contribution in [3.8, 4) is 11.8 Å². The molecule has 0 aliphatic heterocycles. The van der Waals surface area contributed by atoms with Crippen molar-refractivity contribution in [2.75, 3.05) is 18.9 Å². The summed E-state index contributed by atoms with van der Waals surface area (Å²) in [6, 6.07) is 4.09. The van der Waals surface area contributed by atoms with Gasteiger partial charge in [-0.1, -0.05) is 11.8 Å². The summed E-state index contributed by atoms with van der Waals surface area (Å²) in [4.78, 5) is 2.36. The summed E-state index contributed by atoms with van der Waals surface area (Å²) in [5.41, 5.74) is 5.28. The van der Waals surface area contributed by atoms with E-state index in [0.717, 1.165) is 16.4 Å². The Morgan fingerprint density at radius 3 is 3.07 bits per heavy atom. The van der Waals surface area contributed by atoms with Gasteiger partial charge >= 0.3 is 0 Å². The Kier molecular flexibility index (Phi) is 5.72. The molecule has 2 nitrogen and oxygen atoms in total. The smallest absolute Gasteiger partial charge is 0.0772 e. The van der Waals surface area contributed by atoms with Gasteiger partial charge in [-0.15, -0.1) is 11.3 Å². The molecule has 1 heterocycles. The summed E-state index contributed by atoms with van der Waals surface area (Å²) in [5.74, 6) is 7.57. The van der Waals surface area contributed by atoms with Crippen LogP contribution in [0.15, 0.2) is 12.1 Å². The first-order valence-electron chi connectivity index (χ1n) is 4.33. The van der Waals surface area contributed by atoms with Crippen molar-refractivity contribution < 1.29 is 5.11 Å². The number of hydrogen-bond acceptors (Lipinski definition) is 4. The molecule has 0 radical (unpaired) electrons. The summed E-state index contributed by atoms with van der Waals surface area (Å²) in [6.07, 6.45) is 0. The van der Waals surface area contributed by atoms with Crippen LogP contribution >= 0.6 is 23.1 Å². The fourth-order valence-electron chi connectivity index (χ4n) is 0.898. The molecule has 0 aliphatic rings. The van der Waals surface area contributed by atoms with Gasteiger partial charge in [-0.25, -0.2) is 0 Å². The lowest BCUT2D eigenvalue weighted by molar-refractivity contribution is 0.322. The van der Waals surface area contributed by atoms with Gasteiger partial charge in [-0.2, -0.15) is 11.8 Å². The second-order valence-electron chi connectivity index (χ2n) is 2.55. The molecule has 1 rings (SSSR count). The Morgan fingerprint density at radius 1 is 1.50 bits per heavy atom. The zero-order valence-corrected chi connectivity index (χ0v) is 9.46. The largest absolute Gasteiger partial charge is 0.396 e. The molecule has 0 atom stereocenters. The van der Waals surface area contributed by atoms with Gasteiger partial charge in [-0.3, -0.25) is 0 Å². The number of nitrogens with two attached hydrogens (primary N) is 1. The lowest BCUT2D eigenvalue weighted by Gasteiger charge is -1.94. The third kappa shape index (κ3) is 4.16. The van der Waals surface area contributed by atoms with Gasteiger partial charge in [0.2, 0.25) is 0 Å². The Balaban J connectivity index is 2.42. The van der Waals surface area contributed by atoms with Gasteiger partial charge < -0.3 is 10.8 Å². The van der Waals surface area contributed by atoms with Crippen molar-refractivity contribution >= 4 is 23.1 Å². The summed E-state index contributed by atoms with van der Waals surface area (Å²) < 4.78 is 0. The Morgan fingerprint density at radius 2 is 2.36 bits per heavy atom. The van der Waals surface area contributed by atoms with Crippen molar-refractivity contribution in [3.63, 3.8) is 0 Å². The third-order valence-electron chi connectivity index (χ3n) is 1.46. The van der Waals surface area contributed by atoms with E-state index in [1.807, 2.05) is 6.07 Å². The summed E-state index contributed by atoms with van der Waals surface area (Å²) in [6.45, 7) is 0.655. The highest BCUT2D eigenvalue weighted by Gasteiger charge is 1.97. The van der Waals surface area contributed by atoms with E-state index in [2.05, 4.69) is 17.9 Å². The molecule has 1 aromatic rings. The summed E-state index contributed by atoms with van der Waals surface area (Å²) in [5, 5.41) is 8.61. The van der Waals surface area contributed by atoms with Gasteiger partial charge in [0, 0.05) is 16.4 Å². The predicted octanol–water partition coefficient (Wildman–Crippen LogP) is 1.28. The van der Waals surface area contributed by atoms with Crippen molar-refractivity contribution in [3.05, 3.63) is 21.9 Å². The molecule has 3 N–H and O–H groups in total. The quantitative estimate of drug-likeness (QED) is 0.602. The maximum absolute atomic E-state index is 8.61. The van der Waals surface area contributed by atoms with Crippen molar-refractivity contribution in [1.29, 1.82) is 0 Å². The predicted molar refractivity (Wildman–Crippen MR) is 63.5 cm³/mol. The Labute approximate surface area is 92.5 Å². The minimum absolute atomic E-state index is 0.246. The molecule has 0 aliphatic carbocycles. The van der Waals surface area contributed by atoms with Crippen LogP contribution in [0.5, 0.6) is 0 Å². The number of aliphatic hydroxyl groups excluding tert-OH is 1. The molecule has 0 saturated heterocycles. The highest BCUT2D eigenvalue weighted by molar-refractivity contribution is 7.98. The minimum atomic E-state index is 0.246. The number of rotatable bonds is 4. The molecule has 0 aromatic carbocycles. The molecular weight excluding hydrogens is 214 g/mol. The molecule has 0 fully saturated rings. The minimum Gasteiger partial charge on any atom is -0.396 e. The first kappa shape index (κ1) is 11.6. The van der Waals surface area contributed by atoms with Gasteiger partial charge in [0.05, 0.1) is 18.0 Å². The maximum Gasteiger partial charge on any atom is 0.0772 e. The fourth-order valence-corrected chi connectivity index (χ4v) is 2.63. The molecule has 0 saturated carbocycles. The molecule has 14 heavy (non-hydrogen) atoms. The van der Waals surface area contributed by atoms with Crippen LogP contribution in [0.1, 0.15) is 9.75 Å². The topological polar surface area (TPSA) is 46.2 Å². The van der Waals surface area contributed by atoms with Crippen molar-refractivity contribution in [2.45, 2.75) is 5.75 Å². The third-order valence-corrected chi connectivity index (χ3v) is 3.63. The Bertz CT molecular complexity index is 324. The van der Waals surface area contributed by atoms with Crippen LogP contribution in [0.4, 0.5) is 0 Å². The molecule has 1 aromatic heterocycles. The van der Waals surface area contributed by atoms with E-state index >= 15 is 0 Å². The van der Waals surface area contributed by atoms with E-state index in [-0.39, 0.29) is 6.61 Å². The second kappa shape index (κ2) is 6.91. The monoisotopic (exact) mass is 227 g/mol. The SMILES string of the molecule is NCC#Cc1ccc(CSCCO)s1.